The summed E-state index contributed by atoms with van der Waals surface area (Å²) in [6.45, 7) is 0. The minimum Gasteiger partial charge on any atom is -0.351 e. The molecule has 0 bridgehead atoms. The predicted octanol–water partition coefficient (Wildman–Crippen LogP) is 1.89. The van der Waals surface area contributed by atoms with Crippen molar-refractivity contribution in [2.24, 2.45) is 0 Å². The summed E-state index contributed by atoms with van der Waals surface area (Å²) in [5.74, 6) is 0. The molecule has 0 saturated heterocycles. The lowest BCUT2D eigenvalue weighted by Gasteiger charge is -1.85. The second kappa shape index (κ2) is 3.72. The van der Waals surface area contributed by atoms with Crippen LogP contribution >= 0.6 is 62.2 Å². The number of hydrogen-bond acceptors (Lipinski definition) is 1. The van der Waals surface area contributed by atoms with Gasteiger partial charge in [0.25, 0.3) is 0 Å². The van der Waals surface area contributed by atoms with Crippen LogP contribution in [0.25, 0.3) is 0 Å². The van der Waals surface area contributed by atoms with Crippen LogP contribution in [-0.2, 0) is 0 Å². The van der Waals surface area contributed by atoms with Gasteiger partial charge in [-0.15, -0.1) is 0 Å². The first-order valence-electron chi connectivity index (χ1n) is 1.47. The largest absolute Gasteiger partial charge is 0.351 e. The quantitative estimate of drug-likeness (QED) is 0.576. The van der Waals surface area contributed by atoms with Crippen molar-refractivity contribution >= 4 is 67.9 Å². The van der Waals surface area contributed by atoms with Crippen LogP contribution in [0, 0.1) is 0 Å². The zero-order valence-corrected chi connectivity index (χ0v) is 9.71. The first-order chi connectivity index (χ1) is 3.39. The molecule has 42 valence electrons. The molecule has 4 heteroatoms. The topological polar surface area (TPSA) is 20.2 Å². The highest BCUT2D eigenvalue weighted by atomic mass is 127. The fourth-order valence-electron chi connectivity index (χ4n) is 0.157. The lowest BCUT2D eigenvalue weighted by atomic mass is 11.8. The van der Waals surface area contributed by atoms with Gasteiger partial charge in [-0.2, -0.15) is 0 Å². The number of aliphatic hydroxyl groups is 1. The van der Waals surface area contributed by atoms with E-state index in [2.05, 4.69) is 4.04 Å². The van der Waals surface area contributed by atoms with Crippen LogP contribution in [0.2, 0.25) is 0 Å². The van der Waals surface area contributed by atoms with Gasteiger partial charge in [-0.1, -0.05) is 20.7 Å². The monoisotopic (exact) mass is 436 g/mol. The van der Waals surface area contributed by atoms with Gasteiger partial charge in [0.05, 0.1) is 0 Å². The van der Waals surface area contributed by atoms with Crippen LogP contribution in [0.4, 0.5) is 0 Å². The van der Waals surface area contributed by atoms with E-state index in [-0.39, 0.29) is 41.5 Å². The molecular formula is C3H3I3O. The van der Waals surface area contributed by atoms with Crippen molar-refractivity contribution in [3.05, 3.63) is 0 Å². The summed E-state index contributed by atoms with van der Waals surface area (Å²) in [7, 11) is 0. The van der Waals surface area contributed by atoms with Crippen molar-refractivity contribution in [2.45, 2.75) is 0 Å². The zero-order valence-electron chi connectivity index (χ0n) is 3.24. The van der Waals surface area contributed by atoms with E-state index in [1.165, 1.54) is 0 Å². The van der Waals surface area contributed by atoms with E-state index in [1.54, 1.807) is 0 Å². The fraction of sp³-hybridized carbons (Fsp3) is 0. The minimum absolute atomic E-state index is 0.0657. The molecule has 0 aromatic rings. The zero-order chi connectivity index (χ0) is 5.11. The molecule has 0 aliphatic carbocycles. The molecule has 0 unspecified atom stereocenters. The fourth-order valence-corrected chi connectivity index (χ4v) is 19.7. The molecule has 1 aliphatic heterocycles. The molecule has 0 radical (unpaired) electrons. The van der Waals surface area contributed by atoms with Crippen molar-refractivity contribution in [2.75, 3.05) is 0 Å². The summed E-state index contributed by atoms with van der Waals surface area (Å²) in [4.78, 5) is 0. The summed E-state index contributed by atoms with van der Waals surface area (Å²) in [6.07, 6.45) is 0. The van der Waals surface area contributed by atoms with Gasteiger partial charge in [0.2, 0.25) is 0 Å². The van der Waals surface area contributed by atoms with Gasteiger partial charge >= 0.3 is 0 Å². The molecule has 1 nitrogen and oxygen atoms in total. The first-order valence-corrected chi connectivity index (χ1v) is 8.61. The van der Waals surface area contributed by atoms with E-state index in [4.69, 9.17) is 5.11 Å². The molecular weight excluding hydrogens is 433 g/mol. The number of hydrogen-bond donors (Lipinski definition) is 1. The lowest BCUT2D eigenvalue weighted by molar-refractivity contribution is 0.591. The minimum atomic E-state index is 0.0657. The number of halogens is 3. The maximum Gasteiger partial charge on any atom is 0.138 e. The third-order valence-corrected chi connectivity index (χ3v) is 12.4. The molecule has 0 amide bonds. The standard InChI is InChI=1S/C3H3I3O/c7-3-5-1-4-2-6-3/h1-2,7H. The molecule has 1 N–H and O–H groups in total. The van der Waals surface area contributed by atoms with Gasteiger partial charge in [0.1, 0.15) is 1.70 Å². The maximum absolute atomic E-state index is 8.88. The van der Waals surface area contributed by atoms with E-state index in [0.29, 0.717) is 20.7 Å². The Morgan fingerprint density at radius 3 is 2.57 bits per heavy atom. The second-order valence-corrected chi connectivity index (χ2v) is 14.1. The molecule has 0 aromatic heterocycles. The summed E-state index contributed by atoms with van der Waals surface area (Å²) in [5, 5.41) is 8.88. The summed E-state index contributed by atoms with van der Waals surface area (Å²) >= 11 is 0.486. The molecule has 0 saturated carbocycles. The Morgan fingerprint density at radius 2 is 2.29 bits per heavy atom. The van der Waals surface area contributed by atoms with Gasteiger partial charge in [0, 0.05) is 4.04 Å². The van der Waals surface area contributed by atoms with Crippen LogP contribution in [0.1, 0.15) is 0 Å². The number of aliphatic hydroxyl groups excluding tert-OH is 1. The van der Waals surface area contributed by atoms with Crippen LogP contribution in [-0.4, -0.2) is 10.8 Å². The average molecular weight is 436 g/mol. The molecule has 1 heterocycles. The molecule has 1 aliphatic rings. The summed E-state index contributed by atoms with van der Waals surface area (Å²) < 4.78 is 5.48. The Morgan fingerprint density at radius 1 is 1.43 bits per heavy atom. The molecule has 0 atom stereocenters. The smallest absolute Gasteiger partial charge is 0.138 e. The highest BCUT2D eigenvalue weighted by Crippen LogP contribution is 2.17. The molecule has 1 rings (SSSR count). The number of rotatable bonds is 0. The average Bonchev–Trinajstić information content (AvgIpc) is 1.69. The Bertz CT molecular complexity index is 146. The van der Waals surface area contributed by atoms with Crippen LogP contribution in [0.5, 0.6) is 0 Å². The van der Waals surface area contributed by atoms with Gasteiger partial charge in [-0.25, -0.2) is 0 Å². The summed E-state index contributed by atoms with van der Waals surface area (Å²) in [6, 6.07) is 0. The van der Waals surface area contributed by atoms with Crippen molar-refractivity contribution in [1.29, 1.82) is 0 Å². The third kappa shape index (κ3) is 2.70. The molecule has 0 fully saturated rings. The Hall–Kier alpha value is 1.76. The molecule has 7 heavy (non-hydrogen) atoms. The molecule has 0 spiro atoms. The van der Waals surface area contributed by atoms with E-state index < -0.39 is 0 Å². The Balaban J connectivity index is 2.82. The van der Waals surface area contributed by atoms with E-state index >= 15 is 0 Å². The van der Waals surface area contributed by atoms with Crippen LogP contribution in [0.3, 0.4) is 0 Å². The van der Waals surface area contributed by atoms with Crippen LogP contribution in [0.15, 0.2) is 0 Å². The van der Waals surface area contributed by atoms with Gasteiger partial charge < -0.3 is 5.11 Å². The predicted molar refractivity (Wildman–Crippen MR) is 61.1 cm³/mol. The van der Waals surface area contributed by atoms with E-state index in [9.17, 15) is 0 Å². The van der Waals surface area contributed by atoms with Crippen molar-refractivity contribution in [3.8, 4) is 0 Å². The third-order valence-electron chi connectivity index (χ3n) is 0.358. The molecule has 0 aromatic carbocycles. The first kappa shape index (κ1) is 6.87. The Kier molecular flexibility index (Phi) is 3.66. The van der Waals surface area contributed by atoms with Gasteiger partial charge in [-0.3, -0.25) is 0 Å². The van der Waals surface area contributed by atoms with Crippen molar-refractivity contribution in [1.82, 2.24) is 0 Å². The van der Waals surface area contributed by atoms with E-state index in [1.807, 2.05) is 0 Å². The lowest BCUT2D eigenvalue weighted by Crippen LogP contribution is -1.75. The Labute approximate surface area is 71.7 Å². The highest BCUT2D eigenvalue weighted by Gasteiger charge is 1.83. The van der Waals surface area contributed by atoms with Crippen molar-refractivity contribution < 1.29 is 5.11 Å². The highest BCUT2D eigenvalue weighted by molar-refractivity contribution is 14.3. The van der Waals surface area contributed by atoms with Gasteiger partial charge in [-0.05, 0) is 41.5 Å². The SMILES string of the molecule is OC1=IC=IC=I1. The van der Waals surface area contributed by atoms with Crippen LogP contribution < -0.4 is 0 Å². The maximum atomic E-state index is 8.88. The van der Waals surface area contributed by atoms with E-state index in [0.717, 1.165) is 1.70 Å². The second-order valence-electron chi connectivity index (χ2n) is 0.750. The normalized spacial score (nSPS) is 20.4. The van der Waals surface area contributed by atoms with Crippen molar-refractivity contribution in [3.63, 3.8) is 0 Å². The van der Waals surface area contributed by atoms with Gasteiger partial charge in [0.15, 0.2) is 0 Å². The summed E-state index contributed by atoms with van der Waals surface area (Å²) in [5.41, 5.74) is 0.